The fourth-order valence-corrected chi connectivity index (χ4v) is 2.30. The monoisotopic (exact) mass is 316 g/mol. The van der Waals surface area contributed by atoms with Crippen LogP contribution in [0.2, 0.25) is 0 Å². The Balaban J connectivity index is 2.17. The predicted molar refractivity (Wildman–Crippen MR) is 65.1 cm³/mol. The highest BCUT2D eigenvalue weighted by atomic mass is 127. The minimum Gasteiger partial charge on any atom is -0.301 e. The van der Waals surface area contributed by atoms with Crippen LogP contribution in [0.5, 0.6) is 0 Å². The van der Waals surface area contributed by atoms with E-state index in [2.05, 4.69) is 39.1 Å². The first-order valence-corrected chi connectivity index (χ1v) is 6.06. The molecule has 0 aromatic carbocycles. The number of hydrogen-bond donors (Lipinski definition) is 1. The van der Waals surface area contributed by atoms with Crippen molar-refractivity contribution in [3.05, 3.63) is 16.0 Å². The molecule has 4 nitrogen and oxygen atoms in total. The molecular formula is C10H13IN4. The molecule has 0 aliphatic heterocycles. The molecule has 0 spiro atoms. The molecule has 1 atom stereocenters. The molecule has 5 heteroatoms. The summed E-state index contributed by atoms with van der Waals surface area (Å²) < 4.78 is 2.95. The van der Waals surface area contributed by atoms with E-state index in [1.807, 2.05) is 24.1 Å². The molecule has 1 aromatic rings. The summed E-state index contributed by atoms with van der Waals surface area (Å²) in [5.74, 6) is 0.481. The van der Waals surface area contributed by atoms with Crippen LogP contribution in [0.15, 0.2) is 12.4 Å². The molecule has 1 N–H and O–H groups in total. The molecule has 15 heavy (non-hydrogen) atoms. The lowest BCUT2D eigenvalue weighted by atomic mass is 9.95. The van der Waals surface area contributed by atoms with Crippen LogP contribution in [-0.2, 0) is 6.54 Å². The minimum absolute atomic E-state index is 0.435. The van der Waals surface area contributed by atoms with Gasteiger partial charge in [0, 0.05) is 6.20 Å². The van der Waals surface area contributed by atoms with Crippen LogP contribution < -0.4 is 5.32 Å². The standard InChI is InChI=1S/C10H13IN4/c1-13-10(6-12,8-2-3-8)7-15-5-9(11)4-14-15/h4-5,8,13H,2-3,7H2,1H3. The van der Waals surface area contributed by atoms with Gasteiger partial charge in [-0.15, -0.1) is 0 Å². The molecule has 1 aromatic heterocycles. The van der Waals surface area contributed by atoms with Gasteiger partial charge in [0.1, 0.15) is 5.54 Å². The summed E-state index contributed by atoms with van der Waals surface area (Å²) in [6, 6.07) is 2.41. The van der Waals surface area contributed by atoms with Crippen LogP contribution in [0.3, 0.4) is 0 Å². The normalized spacial score (nSPS) is 19.5. The molecule has 1 saturated carbocycles. The Bertz CT molecular complexity index is 390. The first kappa shape index (κ1) is 10.9. The van der Waals surface area contributed by atoms with Crippen molar-refractivity contribution in [3.8, 4) is 6.07 Å². The molecular weight excluding hydrogens is 303 g/mol. The van der Waals surface area contributed by atoms with Crippen molar-refractivity contribution in [2.75, 3.05) is 7.05 Å². The van der Waals surface area contributed by atoms with Gasteiger partial charge in [-0.25, -0.2) is 0 Å². The summed E-state index contributed by atoms with van der Waals surface area (Å²) in [7, 11) is 1.86. The highest BCUT2D eigenvalue weighted by molar-refractivity contribution is 14.1. The first-order valence-electron chi connectivity index (χ1n) is 4.98. The lowest BCUT2D eigenvalue weighted by Crippen LogP contribution is -2.47. The lowest BCUT2D eigenvalue weighted by Gasteiger charge is -2.25. The van der Waals surface area contributed by atoms with Gasteiger partial charge in [0.05, 0.1) is 22.4 Å². The highest BCUT2D eigenvalue weighted by Gasteiger charge is 2.45. The number of aromatic nitrogens is 2. The molecule has 1 aliphatic rings. The average molecular weight is 316 g/mol. The fraction of sp³-hybridized carbons (Fsp3) is 0.600. The Morgan fingerprint density at radius 1 is 1.80 bits per heavy atom. The third-order valence-electron chi connectivity index (χ3n) is 2.93. The summed E-state index contributed by atoms with van der Waals surface area (Å²) in [5, 5.41) is 16.7. The quantitative estimate of drug-likeness (QED) is 0.854. The van der Waals surface area contributed by atoms with Crippen molar-refractivity contribution < 1.29 is 0 Å². The van der Waals surface area contributed by atoms with Crippen LogP contribution in [0.25, 0.3) is 0 Å². The lowest BCUT2D eigenvalue weighted by molar-refractivity contribution is 0.326. The molecule has 1 aliphatic carbocycles. The van der Waals surface area contributed by atoms with Gasteiger partial charge >= 0.3 is 0 Å². The number of halogens is 1. The number of likely N-dealkylation sites (N-methyl/N-ethyl adjacent to an activating group) is 1. The second-order valence-corrected chi connectivity index (χ2v) is 5.21. The molecule has 0 bridgehead atoms. The van der Waals surface area contributed by atoms with Gasteiger partial charge < -0.3 is 5.32 Å². The Labute approximate surface area is 103 Å². The van der Waals surface area contributed by atoms with Gasteiger partial charge in [0.2, 0.25) is 0 Å². The van der Waals surface area contributed by atoms with E-state index in [4.69, 9.17) is 0 Å². The Morgan fingerprint density at radius 3 is 2.93 bits per heavy atom. The number of hydrogen-bond acceptors (Lipinski definition) is 3. The molecule has 1 heterocycles. The van der Waals surface area contributed by atoms with Crippen molar-refractivity contribution in [1.29, 1.82) is 5.26 Å². The zero-order chi connectivity index (χ0) is 10.9. The van der Waals surface area contributed by atoms with E-state index in [9.17, 15) is 5.26 Å². The molecule has 1 unspecified atom stereocenters. The summed E-state index contributed by atoms with van der Waals surface area (Å²) in [6.07, 6.45) is 6.07. The minimum atomic E-state index is -0.435. The Hall–Kier alpha value is -0.610. The third kappa shape index (κ3) is 2.16. The van der Waals surface area contributed by atoms with E-state index in [0.717, 1.165) is 16.4 Å². The SMILES string of the molecule is CNC(C#N)(Cn1cc(I)cn1)C1CC1. The van der Waals surface area contributed by atoms with Crippen molar-refractivity contribution in [3.63, 3.8) is 0 Å². The predicted octanol–water partition coefficient (Wildman–Crippen LogP) is 1.38. The zero-order valence-corrected chi connectivity index (χ0v) is 10.7. The number of nitrogens with zero attached hydrogens (tertiary/aromatic N) is 3. The van der Waals surface area contributed by atoms with E-state index in [1.165, 1.54) is 0 Å². The van der Waals surface area contributed by atoms with Crippen molar-refractivity contribution >= 4 is 22.6 Å². The van der Waals surface area contributed by atoms with Crippen LogP contribution >= 0.6 is 22.6 Å². The Morgan fingerprint density at radius 2 is 2.53 bits per heavy atom. The van der Waals surface area contributed by atoms with Crippen molar-refractivity contribution in [2.45, 2.75) is 24.9 Å². The van der Waals surface area contributed by atoms with Gasteiger partial charge in [-0.05, 0) is 48.4 Å². The van der Waals surface area contributed by atoms with Crippen molar-refractivity contribution in [1.82, 2.24) is 15.1 Å². The molecule has 80 valence electrons. The first-order chi connectivity index (χ1) is 7.20. The van der Waals surface area contributed by atoms with Crippen molar-refractivity contribution in [2.24, 2.45) is 5.92 Å². The number of nitriles is 1. The fourth-order valence-electron chi connectivity index (χ4n) is 1.85. The van der Waals surface area contributed by atoms with Gasteiger partial charge in [-0.1, -0.05) is 0 Å². The zero-order valence-electron chi connectivity index (χ0n) is 8.57. The molecule has 1 fully saturated rings. The van der Waals surface area contributed by atoms with Crippen LogP contribution in [0, 0.1) is 20.8 Å². The Kier molecular flexibility index (Phi) is 2.98. The molecule has 0 radical (unpaired) electrons. The number of nitrogens with one attached hydrogen (secondary N) is 1. The topological polar surface area (TPSA) is 53.6 Å². The van der Waals surface area contributed by atoms with Crippen LogP contribution in [0.4, 0.5) is 0 Å². The molecule has 0 amide bonds. The van der Waals surface area contributed by atoms with E-state index in [-0.39, 0.29) is 0 Å². The summed E-state index contributed by atoms with van der Waals surface area (Å²) in [6.45, 7) is 0.633. The van der Waals surface area contributed by atoms with E-state index < -0.39 is 5.54 Å². The second-order valence-electron chi connectivity index (χ2n) is 3.96. The van der Waals surface area contributed by atoms with Gasteiger partial charge in [-0.2, -0.15) is 10.4 Å². The number of rotatable bonds is 4. The van der Waals surface area contributed by atoms with E-state index in [1.54, 1.807) is 0 Å². The maximum atomic E-state index is 9.30. The summed E-state index contributed by atoms with van der Waals surface area (Å²) in [4.78, 5) is 0. The summed E-state index contributed by atoms with van der Waals surface area (Å²) >= 11 is 2.22. The van der Waals surface area contributed by atoms with Gasteiger partial charge in [0.25, 0.3) is 0 Å². The largest absolute Gasteiger partial charge is 0.301 e. The molecule has 0 saturated heterocycles. The second kappa shape index (κ2) is 4.10. The molecule has 2 rings (SSSR count). The maximum absolute atomic E-state index is 9.30. The van der Waals surface area contributed by atoms with Crippen LogP contribution in [-0.4, -0.2) is 22.4 Å². The third-order valence-corrected chi connectivity index (χ3v) is 3.49. The van der Waals surface area contributed by atoms with E-state index >= 15 is 0 Å². The highest BCUT2D eigenvalue weighted by Crippen LogP contribution is 2.40. The average Bonchev–Trinajstić information content (AvgIpc) is 3.01. The van der Waals surface area contributed by atoms with Gasteiger partial charge in [-0.3, -0.25) is 4.68 Å². The summed E-state index contributed by atoms with van der Waals surface area (Å²) in [5.41, 5.74) is -0.435. The van der Waals surface area contributed by atoms with E-state index in [0.29, 0.717) is 12.5 Å². The van der Waals surface area contributed by atoms with Gasteiger partial charge in [0.15, 0.2) is 0 Å². The van der Waals surface area contributed by atoms with Crippen LogP contribution in [0.1, 0.15) is 12.8 Å². The smallest absolute Gasteiger partial charge is 0.129 e. The maximum Gasteiger partial charge on any atom is 0.129 e.